The molecule has 0 aliphatic carbocycles. The number of nitrogens with zero attached hydrogens (tertiary/aromatic N) is 1. The topological polar surface area (TPSA) is 78.5 Å². The van der Waals surface area contributed by atoms with Gasteiger partial charge in [0.25, 0.3) is 5.91 Å². The van der Waals surface area contributed by atoms with Crippen LogP contribution in [-0.2, 0) is 16.0 Å². The number of rotatable bonds is 4. The van der Waals surface area contributed by atoms with Gasteiger partial charge in [-0.2, -0.15) is 0 Å². The summed E-state index contributed by atoms with van der Waals surface area (Å²) < 4.78 is 0. The lowest BCUT2D eigenvalue weighted by atomic mass is 10.1. The third-order valence-corrected chi connectivity index (χ3v) is 4.77. The number of hydrogen-bond donors (Lipinski definition) is 2. The molecule has 27 heavy (non-hydrogen) atoms. The number of amides is 3. The molecule has 6 nitrogen and oxygen atoms in total. The van der Waals surface area contributed by atoms with Crippen LogP contribution in [0.1, 0.15) is 34.8 Å². The molecule has 0 unspecified atom stereocenters. The van der Waals surface area contributed by atoms with E-state index in [1.165, 1.54) is 0 Å². The Morgan fingerprint density at radius 1 is 1.04 bits per heavy atom. The van der Waals surface area contributed by atoms with Gasteiger partial charge in [-0.25, -0.2) is 0 Å². The molecule has 2 N–H and O–H groups in total. The smallest absolute Gasteiger partial charge is 0.269 e. The fourth-order valence-electron chi connectivity index (χ4n) is 3.04. The van der Waals surface area contributed by atoms with Crippen LogP contribution in [-0.4, -0.2) is 24.3 Å². The van der Waals surface area contributed by atoms with E-state index in [9.17, 15) is 14.4 Å². The summed E-state index contributed by atoms with van der Waals surface area (Å²) in [5.74, 6) is -1.34. The Bertz CT molecular complexity index is 844. The molecule has 2 aromatic carbocycles. The first-order valence-electron chi connectivity index (χ1n) is 9.04. The van der Waals surface area contributed by atoms with Crippen LogP contribution in [0.4, 0.5) is 5.69 Å². The maximum absolute atomic E-state index is 12.4. The highest BCUT2D eigenvalue weighted by atomic mass is 16.2. The van der Waals surface area contributed by atoms with Gasteiger partial charge in [0.05, 0.1) is 5.92 Å². The second kappa shape index (κ2) is 8.03. The molecule has 2 aromatic rings. The van der Waals surface area contributed by atoms with Gasteiger partial charge < -0.3 is 4.90 Å². The minimum absolute atomic E-state index is 0.0968. The fourth-order valence-corrected chi connectivity index (χ4v) is 3.04. The average Bonchev–Trinajstić information content (AvgIpc) is 3.08. The second-order valence-corrected chi connectivity index (χ2v) is 6.73. The van der Waals surface area contributed by atoms with Crippen LogP contribution >= 0.6 is 0 Å². The molecule has 1 saturated heterocycles. The molecule has 140 valence electrons. The summed E-state index contributed by atoms with van der Waals surface area (Å²) in [6, 6.07) is 14.8. The normalized spacial score (nSPS) is 16.3. The molecule has 1 heterocycles. The van der Waals surface area contributed by atoms with Crippen molar-refractivity contribution in [1.82, 2.24) is 10.9 Å². The van der Waals surface area contributed by atoms with Crippen LogP contribution < -0.4 is 15.8 Å². The highest BCUT2D eigenvalue weighted by Crippen LogP contribution is 2.25. The van der Waals surface area contributed by atoms with Crippen molar-refractivity contribution in [3.05, 3.63) is 65.2 Å². The number of hydrogen-bond acceptors (Lipinski definition) is 3. The Morgan fingerprint density at radius 3 is 2.33 bits per heavy atom. The summed E-state index contributed by atoms with van der Waals surface area (Å²) in [6.45, 7) is 4.32. The molecule has 3 rings (SSSR count). The Balaban J connectivity index is 1.55. The third kappa shape index (κ3) is 4.34. The molecule has 3 amide bonds. The second-order valence-electron chi connectivity index (χ2n) is 6.73. The van der Waals surface area contributed by atoms with Crippen molar-refractivity contribution in [3.63, 3.8) is 0 Å². The van der Waals surface area contributed by atoms with E-state index in [0.717, 1.165) is 23.2 Å². The number of carbonyl (C=O) groups is 3. The van der Waals surface area contributed by atoms with E-state index in [-0.39, 0.29) is 24.1 Å². The van der Waals surface area contributed by atoms with Crippen molar-refractivity contribution in [2.24, 2.45) is 5.92 Å². The van der Waals surface area contributed by atoms with Gasteiger partial charge in [-0.3, -0.25) is 25.2 Å². The molecular formula is C21H23N3O3. The molecule has 1 aliphatic rings. The van der Waals surface area contributed by atoms with E-state index >= 15 is 0 Å². The van der Waals surface area contributed by atoms with Crippen molar-refractivity contribution in [2.45, 2.75) is 26.7 Å². The SMILES string of the molecule is CCc1ccc(C(=O)NNC(=O)[C@H]2CC(=O)N(c3ccc(C)cc3)C2)cc1. The van der Waals surface area contributed by atoms with E-state index in [4.69, 9.17) is 0 Å². The van der Waals surface area contributed by atoms with Gasteiger partial charge >= 0.3 is 0 Å². The van der Waals surface area contributed by atoms with E-state index in [1.54, 1.807) is 17.0 Å². The summed E-state index contributed by atoms with van der Waals surface area (Å²) in [5, 5.41) is 0. The standard InChI is InChI=1S/C21H23N3O3/c1-3-15-6-8-16(9-7-15)20(26)22-23-21(27)17-12-19(25)24(13-17)18-10-4-14(2)5-11-18/h4-11,17H,3,12-13H2,1-2H3,(H,22,26)(H,23,27)/t17-/m0/s1. The van der Waals surface area contributed by atoms with E-state index in [0.29, 0.717) is 12.1 Å². The van der Waals surface area contributed by atoms with Crippen LogP contribution in [0.2, 0.25) is 0 Å². The first-order valence-corrected chi connectivity index (χ1v) is 9.04. The van der Waals surface area contributed by atoms with Crippen LogP contribution in [0.15, 0.2) is 48.5 Å². The molecule has 0 spiro atoms. The Morgan fingerprint density at radius 2 is 1.70 bits per heavy atom. The van der Waals surface area contributed by atoms with Crippen molar-refractivity contribution >= 4 is 23.4 Å². The third-order valence-electron chi connectivity index (χ3n) is 4.77. The lowest BCUT2D eigenvalue weighted by Gasteiger charge is -2.17. The summed E-state index contributed by atoms with van der Waals surface area (Å²) >= 11 is 0. The first-order chi connectivity index (χ1) is 13.0. The molecular weight excluding hydrogens is 342 g/mol. The summed E-state index contributed by atoms with van der Waals surface area (Å²) in [6.07, 6.45) is 1.02. The molecule has 0 saturated carbocycles. The number of hydrazine groups is 1. The summed E-state index contributed by atoms with van der Waals surface area (Å²) in [5.41, 5.74) is 8.35. The van der Waals surface area contributed by atoms with Gasteiger partial charge in [0, 0.05) is 24.2 Å². The Labute approximate surface area is 158 Å². The molecule has 1 aliphatic heterocycles. The number of carbonyl (C=O) groups excluding carboxylic acids is 3. The lowest BCUT2D eigenvalue weighted by Crippen LogP contribution is -2.45. The molecule has 0 radical (unpaired) electrons. The molecule has 1 atom stereocenters. The van der Waals surface area contributed by atoms with Crippen molar-refractivity contribution in [1.29, 1.82) is 0 Å². The van der Waals surface area contributed by atoms with Gasteiger partial charge in [0.15, 0.2) is 0 Å². The number of benzene rings is 2. The van der Waals surface area contributed by atoms with Gasteiger partial charge in [-0.05, 0) is 43.2 Å². The maximum Gasteiger partial charge on any atom is 0.269 e. The van der Waals surface area contributed by atoms with Gasteiger partial charge in [-0.1, -0.05) is 36.8 Å². The first kappa shape index (κ1) is 18.6. The predicted molar refractivity (Wildman–Crippen MR) is 103 cm³/mol. The van der Waals surface area contributed by atoms with Crippen molar-refractivity contribution in [3.8, 4) is 0 Å². The Kier molecular flexibility index (Phi) is 5.54. The largest absolute Gasteiger partial charge is 0.312 e. The number of nitrogens with one attached hydrogen (secondary N) is 2. The minimum atomic E-state index is -0.499. The average molecular weight is 365 g/mol. The van der Waals surface area contributed by atoms with E-state index < -0.39 is 5.92 Å². The molecule has 0 bridgehead atoms. The summed E-state index contributed by atoms with van der Waals surface area (Å²) in [4.78, 5) is 38.4. The maximum atomic E-state index is 12.4. The number of aryl methyl sites for hydroxylation is 2. The Hall–Kier alpha value is -3.15. The zero-order valence-electron chi connectivity index (χ0n) is 15.5. The summed E-state index contributed by atoms with van der Waals surface area (Å²) in [7, 11) is 0. The molecule has 6 heteroatoms. The fraction of sp³-hybridized carbons (Fsp3) is 0.286. The van der Waals surface area contributed by atoms with Crippen molar-refractivity contribution in [2.75, 3.05) is 11.4 Å². The molecule has 0 aromatic heterocycles. The van der Waals surface area contributed by atoms with Crippen LogP contribution in [0, 0.1) is 12.8 Å². The van der Waals surface area contributed by atoms with Crippen LogP contribution in [0.3, 0.4) is 0 Å². The minimum Gasteiger partial charge on any atom is -0.312 e. The number of anilines is 1. The van der Waals surface area contributed by atoms with Crippen molar-refractivity contribution < 1.29 is 14.4 Å². The quantitative estimate of drug-likeness (QED) is 0.817. The van der Waals surface area contributed by atoms with E-state index in [1.807, 2.05) is 50.2 Å². The van der Waals surface area contributed by atoms with Crippen LogP contribution in [0.5, 0.6) is 0 Å². The monoisotopic (exact) mass is 365 g/mol. The predicted octanol–water partition coefficient (Wildman–Crippen LogP) is 2.37. The zero-order chi connectivity index (χ0) is 19.4. The highest BCUT2D eigenvalue weighted by molar-refractivity contribution is 6.01. The van der Waals surface area contributed by atoms with E-state index in [2.05, 4.69) is 10.9 Å². The van der Waals surface area contributed by atoms with Gasteiger partial charge in [-0.15, -0.1) is 0 Å². The van der Waals surface area contributed by atoms with Gasteiger partial charge in [0.2, 0.25) is 11.8 Å². The van der Waals surface area contributed by atoms with Crippen LogP contribution in [0.25, 0.3) is 0 Å². The van der Waals surface area contributed by atoms with Gasteiger partial charge in [0.1, 0.15) is 0 Å². The molecule has 1 fully saturated rings. The lowest BCUT2D eigenvalue weighted by molar-refractivity contribution is -0.126. The highest BCUT2D eigenvalue weighted by Gasteiger charge is 2.35. The zero-order valence-corrected chi connectivity index (χ0v) is 15.5.